The first-order valence-corrected chi connectivity index (χ1v) is 9.00. The van der Waals surface area contributed by atoms with E-state index in [0.29, 0.717) is 16.1 Å². The second kappa shape index (κ2) is 6.61. The molecule has 134 valence electrons. The van der Waals surface area contributed by atoms with Crippen molar-refractivity contribution >= 4 is 28.5 Å². The molecular weight excluding hydrogens is 352 g/mol. The van der Waals surface area contributed by atoms with E-state index in [9.17, 15) is 9.59 Å². The summed E-state index contributed by atoms with van der Waals surface area (Å²) in [5.41, 5.74) is 2.08. The average molecular weight is 371 g/mol. The van der Waals surface area contributed by atoms with Crippen LogP contribution in [0.3, 0.4) is 0 Å². The lowest BCUT2D eigenvalue weighted by atomic mass is 10.1. The zero-order valence-corrected chi connectivity index (χ0v) is 15.2. The predicted octanol–water partition coefficient (Wildman–Crippen LogP) is 2.68. The summed E-state index contributed by atoms with van der Waals surface area (Å²) in [6, 6.07) is 7.34. The minimum absolute atomic E-state index is 0.0245. The van der Waals surface area contributed by atoms with Crippen molar-refractivity contribution in [2.24, 2.45) is 7.05 Å². The van der Waals surface area contributed by atoms with Crippen LogP contribution in [-0.4, -0.2) is 38.0 Å². The number of nitrogens with zero attached hydrogens (tertiary/aromatic N) is 4. The molecule has 7 heteroatoms. The SMILES string of the molecule is Cn1cc(-c2ccc(Cl)cc2)c2c(=O)n(CC(=O)N3CCCC3)cnc21. The fraction of sp³-hybridized carbons (Fsp3) is 0.316. The van der Waals surface area contributed by atoms with Gasteiger partial charge >= 0.3 is 0 Å². The van der Waals surface area contributed by atoms with Crippen molar-refractivity contribution in [1.29, 1.82) is 0 Å². The zero-order valence-electron chi connectivity index (χ0n) is 14.5. The molecule has 0 atom stereocenters. The number of carbonyl (C=O) groups is 1. The molecule has 2 aromatic heterocycles. The van der Waals surface area contributed by atoms with Crippen LogP contribution in [0.25, 0.3) is 22.2 Å². The van der Waals surface area contributed by atoms with Crippen molar-refractivity contribution in [2.45, 2.75) is 19.4 Å². The van der Waals surface area contributed by atoms with Gasteiger partial charge in [0.15, 0.2) is 0 Å². The number of rotatable bonds is 3. The van der Waals surface area contributed by atoms with Gasteiger partial charge in [0.2, 0.25) is 5.91 Å². The third-order valence-corrected chi connectivity index (χ3v) is 5.12. The Kier molecular flexibility index (Phi) is 4.28. The molecule has 1 aliphatic rings. The molecule has 0 radical (unpaired) electrons. The van der Waals surface area contributed by atoms with E-state index in [1.165, 1.54) is 10.9 Å². The highest BCUT2D eigenvalue weighted by Gasteiger charge is 2.20. The summed E-state index contributed by atoms with van der Waals surface area (Å²) in [6.45, 7) is 1.56. The second-order valence-corrected chi connectivity index (χ2v) is 7.06. The predicted molar refractivity (Wildman–Crippen MR) is 101 cm³/mol. The highest BCUT2D eigenvalue weighted by atomic mass is 35.5. The molecular formula is C19H19ClN4O2. The standard InChI is InChI=1S/C19H19ClN4O2/c1-22-10-15(13-4-6-14(20)7-5-13)17-18(22)21-12-24(19(17)26)11-16(25)23-8-2-3-9-23/h4-7,10,12H,2-3,8-9,11H2,1H3. The Morgan fingerprint density at radius 1 is 1.19 bits per heavy atom. The first-order chi connectivity index (χ1) is 12.5. The molecule has 3 heterocycles. The largest absolute Gasteiger partial charge is 0.341 e. The van der Waals surface area contributed by atoms with Crippen molar-refractivity contribution in [3.63, 3.8) is 0 Å². The Morgan fingerprint density at radius 2 is 1.88 bits per heavy atom. The highest BCUT2D eigenvalue weighted by Crippen LogP contribution is 2.27. The van der Waals surface area contributed by atoms with Gasteiger partial charge in [0.25, 0.3) is 5.56 Å². The minimum atomic E-state index is -0.201. The Labute approximate surface area is 155 Å². The molecule has 3 aromatic rings. The van der Waals surface area contributed by atoms with Crippen LogP contribution >= 0.6 is 11.6 Å². The number of carbonyl (C=O) groups excluding carboxylic acids is 1. The van der Waals surface area contributed by atoms with Crippen LogP contribution in [0, 0.1) is 0 Å². The topological polar surface area (TPSA) is 60.1 Å². The number of hydrogen-bond acceptors (Lipinski definition) is 3. The number of aromatic nitrogens is 3. The summed E-state index contributed by atoms with van der Waals surface area (Å²) in [4.78, 5) is 31.7. The number of likely N-dealkylation sites (tertiary alicyclic amines) is 1. The lowest BCUT2D eigenvalue weighted by molar-refractivity contribution is -0.130. The van der Waals surface area contributed by atoms with Gasteiger partial charge in [-0.15, -0.1) is 0 Å². The minimum Gasteiger partial charge on any atom is -0.341 e. The molecule has 0 aliphatic carbocycles. The van der Waals surface area contributed by atoms with Crippen LogP contribution in [0.15, 0.2) is 41.6 Å². The number of fused-ring (bicyclic) bond motifs is 1. The molecule has 26 heavy (non-hydrogen) atoms. The Morgan fingerprint density at radius 3 is 2.58 bits per heavy atom. The number of amides is 1. The summed E-state index contributed by atoms with van der Waals surface area (Å²) in [6.07, 6.45) is 5.40. The Balaban J connectivity index is 1.78. The molecule has 0 spiro atoms. The van der Waals surface area contributed by atoms with Crippen LogP contribution in [0.2, 0.25) is 5.02 Å². The van der Waals surface area contributed by atoms with Crippen molar-refractivity contribution in [2.75, 3.05) is 13.1 Å². The summed E-state index contributed by atoms with van der Waals surface area (Å²) in [5.74, 6) is -0.0327. The molecule has 4 rings (SSSR count). The zero-order chi connectivity index (χ0) is 18.3. The quantitative estimate of drug-likeness (QED) is 0.712. The van der Waals surface area contributed by atoms with Crippen LogP contribution in [0.1, 0.15) is 12.8 Å². The third kappa shape index (κ3) is 2.90. The lowest BCUT2D eigenvalue weighted by Crippen LogP contribution is -2.34. The van der Waals surface area contributed by atoms with E-state index in [2.05, 4.69) is 4.98 Å². The van der Waals surface area contributed by atoms with Crippen LogP contribution < -0.4 is 5.56 Å². The molecule has 1 amide bonds. The fourth-order valence-electron chi connectivity index (χ4n) is 3.48. The van der Waals surface area contributed by atoms with Gasteiger partial charge in [-0.2, -0.15) is 0 Å². The lowest BCUT2D eigenvalue weighted by Gasteiger charge is -2.15. The number of aryl methyl sites for hydroxylation is 1. The Bertz CT molecular complexity index is 1030. The average Bonchev–Trinajstić information content (AvgIpc) is 3.27. The second-order valence-electron chi connectivity index (χ2n) is 6.62. The molecule has 6 nitrogen and oxygen atoms in total. The molecule has 1 aliphatic heterocycles. The van der Waals surface area contributed by atoms with Gasteiger partial charge < -0.3 is 9.47 Å². The van der Waals surface area contributed by atoms with E-state index < -0.39 is 0 Å². The van der Waals surface area contributed by atoms with E-state index in [-0.39, 0.29) is 18.0 Å². The van der Waals surface area contributed by atoms with Crippen molar-refractivity contribution < 1.29 is 4.79 Å². The van der Waals surface area contributed by atoms with Gasteiger partial charge in [-0.25, -0.2) is 4.98 Å². The summed E-state index contributed by atoms with van der Waals surface area (Å²) in [7, 11) is 1.86. The first-order valence-electron chi connectivity index (χ1n) is 8.63. The molecule has 0 N–H and O–H groups in total. The van der Waals surface area contributed by atoms with E-state index in [1.807, 2.05) is 34.8 Å². The smallest absolute Gasteiger partial charge is 0.263 e. The molecule has 1 aromatic carbocycles. The summed E-state index contributed by atoms with van der Waals surface area (Å²) in [5, 5.41) is 1.16. The monoisotopic (exact) mass is 370 g/mol. The molecule has 1 saturated heterocycles. The van der Waals surface area contributed by atoms with E-state index >= 15 is 0 Å². The summed E-state index contributed by atoms with van der Waals surface area (Å²) < 4.78 is 3.23. The van der Waals surface area contributed by atoms with Crippen LogP contribution in [0.5, 0.6) is 0 Å². The molecule has 0 saturated carbocycles. The normalized spacial score (nSPS) is 14.3. The first kappa shape index (κ1) is 16.8. The van der Waals surface area contributed by atoms with Gasteiger partial charge in [-0.1, -0.05) is 23.7 Å². The van der Waals surface area contributed by atoms with Gasteiger partial charge in [0, 0.05) is 36.9 Å². The maximum Gasteiger partial charge on any atom is 0.263 e. The van der Waals surface area contributed by atoms with Gasteiger partial charge in [-0.05, 0) is 30.5 Å². The van der Waals surface area contributed by atoms with Crippen molar-refractivity contribution in [3.05, 3.63) is 52.2 Å². The summed E-state index contributed by atoms with van der Waals surface area (Å²) >= 11 is 5.97. The highest BCUT2D eigenvalue weighted by molar-refractivity contribution is 6.30. The number of benzene rings is 1. The maximum absolute atomic E-state index is 13.1. The van der Waals surface area contributed by atoms with Gasteiger partial charge in [0.05, 0.1) is 5.39 Å². The van der Waals surface area contributed by atoms with Crippen LogP contribution in [-0.2, 0) is 18.4 Å². The van der Waals surface area contributed by atoms with Gasteiger partial charge in [-0.3, -0.25) is 14.2 Å². The molecule has 0 unspecified atom stereocenters. The van der Waals surface area contributed by atoms with Crippen molar-refractivity contribution in [3.8, 4) is 11.1 Å². The number of hydrogen-bond donors (Lipinski definition) is 0. The van der Waals surface area contributed by atoms with E-state index in [1.54, 1.807) is 12.1 Å². The maximum atomic E-state index is 13.1. The third-order valence-electron chi connectivity index (χ3n) is 4.86. The Hall–Kier alpha value is -2.60. The van der Waals surface area contributed by atoms with E-state index in [4.69, 9.17) is 11.6 Å². The van der Waals surface area contributed by atoms with Crippen molar-refractivity contribution in [1.82, 2.24) is 19.0 Å². The fourth-order valence-corrected chi connectivity index (χ4v) is 3.60. The van der Waals surface area contributed by atoms with Gasteiger partial charge in [0.1, 0.15) is 18.5 Å². The van der Waals surface area contributed by atoms with E-state index in [0.717, 1.165) is 37.1 Å². The molecule has 1 fully saturated rings. The number of halogens is 1. The van der Waals surface area contributed by atoms with Crippen LogP contribution in [0.4, 0.5) is 0 Å². The molecule has 0 bridgehead atoms.